The van der Waals surface area contributed by atoms with Crippen LogP contribution in [-0.4, -0.2) is 34.7 Å². The highest BCUT2D eigenvalue weighted by molar-refractivity contribution is 6.01. The molecule has 2 aliphatic heterocycles. The molecule has 0 saturated carbocycles. The fraction of sp³-hybridized carbons (Fsp3) is 0.273. The third-order valence-electron chi connectivity index (χ3n) is 5.55. The number of carbonyl (C=O) groups is 2. The summed E-state index contributed by atoms with van der Waals surface area (Å²) in [6, 6.07) is 13.1. The van der Waals surface area contributed by atoms with E-state index in [-0.39, 0.29) is 17.9 Å². The summed E-state index contributed by atoms with van der Waals surface area (Å²) < 4.78 is 0. The van der Waals surface area contributed by atoms with Crippen LogP contribution in [0.1, 0.15) is 55.5 Å². The van der Waals surface area contributed by atoms with Gasteiger partial charge in [-0.15, -0.1) is 0 Å². The van der Waals surface area contributed by atoms with Gasteiger partial charge in [0.15, 0.2) is 0 Å². The summed E-state index contributed by atoms with van der Waals surface area (Å²) in [5, 5.41) is 18.8. The highest BCUT2D eigenvalue weighted by Crippen LogP contribution is 2.30. The van der Waals surface area contributed by atoms with Gasteiger partial charge in [0.05, 0.1) is 28.8 Å². The summed E-state index contributed by atoms with van der Waals surface area (Å²) in [6.07, 6.45) is 0.528. The molecule has 28 heavy (non-hydrogen) atoms. The highest BCUT2D eigenvalue weighted by atomic mass is 16.2. The van der Waals surface area contributed by atoms with E-state index in [4.69, 9.17) is 0 Å². The lowest BCUT2D eigenvalue weighted by atomic mass is 9.96. The van der Waals surface area contributed by atoms with Crippen LogP contribution in [0.3, 0.4) is 0 Å². The zero-order valence-electron chi connectivity index (χ0n) is 15.7. The summed E-state index contributed by atoms with van der Waals surface area (Å²) in [7, 11) is 1.72. The van der Waals surface area contributed by atoms with Crippen molar-refractivity contribution >= 4 is 11.8 Å². The van der Waals surface area contributed by atoms with Gasteiger partial charge in [0.1, 0.15) is 0 Å². The third-order valence-corrected chi connectivity index (χ3v) is 5.55. The molecule has 0 bridgehead atoms. The standard InChI is InChI=1S/C22H18N4O2/c1-13(26-11-16-5-3-4-15(9-23)20(16)22(26)28)6-14-7-17(10-24)19-12-25(2)21(27)18(19)8-14/h3-5,7-8,13H,6,11-12H2,1-2H3. The van der Waals surface area contributed by atoms with Gasteiger partial charge < -0.3 is 9.80 Å². The molecule has 0 aromatic heterocycles. The molecule has 4 rings (SSSR count). The second-order valence-corrected chi connectivity index (χ2v) is 7.38. The second-order valence-electron chi connectivity index (χ2n) is 7.38. The van der Waals surface area contributed by atoms with Crippen LogP contribution in [0.2, 0.25) is 0 Å². The van der Waals surface area contributed by atoms with Crippen LogP contribution in [0.15, 0.2) is 30.3 Å². The summed E-state index contributed by atoms with van der Waals surface area (Å²) in [4.78, 5) is 28.6. The van der Waals surface area contributed by atoms with Gasteiger partial charge in [0.2, 0.25) is 0 Å². The Kier molecular flexibility index (Phi) is 4.13. The Morgan fingerprint density at radius 2 is 1.82 bits per heavy atom. The Hall–Kier alpha value is -3.64. The molecule has 2 aromatic rings. The predicted molar refractivity (Wildman–Crippen MR) is 101 cm³/mol. The van der Waals surface area contributed by atoms with Crippen LogP contribution in [0.5, 0.6) is 0 Å². The minimum atomic E-state index is -0.142. The molecule has 0 fully saturated rings. The number of nitriles is 2. The first-order valence-electron chi connectivity index (χ1n) is 9.09. The Labute approximate surface area is 163 Å². The quantitative estimate of drug-likeness (QED) is 0.831. The van der Waals surface area contributed by atoms with Gasteiger partial charge in [-0.05, 0) is 42.7 Å². The lowest BCUT2D eigenvalue weighted by Gasteiger charge is -2.24. The Morgan fingerprint density at radius 3 is 2.54 bits per heavy atom. The number of benzene rings is 2. The largest absolute Gasteiger partial charge is 0.337 e. The minimum Gasteiger partial charge on any atom is -0.337 e. The van der Waals surface area contributed by atoms with Crippen molar-refractivity contribution in [2.75, 3.05) is 7.05 Å². The van der Waals surface area contributed by atoms with E-state index in [9.17, 15) is 20.1 Å². The van der Waals surface area contributed by atoms with Crippen LogP contribution in [-0.2, 0) is 19.5 Å². The van der Waals surface area contributed by atoms with Crippen molar-refractivity contribution in [3.8, 4) is 12.1 Å². The molecule has 1 atom stereocenters. The Balaban J connectivity index is 1.62. The van der Waals surface area contributed by atoms with Gasteiger partial charge in [0, 0.05) is 37.3 Å². The molecule has 138 valence electrons. The van der Waals surface area contributed by atoms with E-state index in [1.165, 1.54) is 0 Å². The zero-order chi connectivity index (χ0) is 20.0. The molecule has 0 aliphatic carbocycles. The van der Waals surface area contributed by atoms with Crippen molar-refractivity contribution in [3.63, 3.8) is 0 Å². The van der Waals surface area contributed by atoms with E-state index in [1.807, 2.05) is 25.1 Å². The van der Waals surface area contributed by atoms with Gasteiger partial charge in [0.25, 0.3) is 11.8 Å². The van der Waals surface area contributed by atoms with E-state index in [0.29, 0.717) is 41.8 Å². The predicted octanol–water partition coefficient (Wildman–Crippen LogP) is 2.60. The topological polar surface area (TPSA) is 88.2 Å². The lowest BCUT2D eigenvalue weighted by molar-refractivity contribution is 0.0715. The highest BCUT2D eigenvalue weighted by Gasteiger charge is 2.33. The third kappa shape index (κ3) is 2.62. The molecule has 0 N–H and O–H groups in total. The first-order chi connectivity index (χ1) is 13.4. The molecule has 1 unspecified atom stereocenters. The number of carbonyl (C=O) groups excluding carboxylic acids is 2. The van der Waals surface area contributed by atoms with E-state index in [1.54, 1.807) is 29.0 Å². The summed E-state index contributed by atoms with van der Waals surface area (Å²) in [5.74, 6) is -0.221. The number of fused-ring (bicyclic) bond motifs is 2. The van der Waals surface area contributed by atoms with Gasteiger partial charge in [-0.25, -0.2) is 0 Å². The van der Waals surface area contributed by atoms with Crippen LogP contribution in [0.4, 0.5) is 0 Å². The monoisotopic (exact) mass is 370 g/mol. The minimum absolute atomic E-state index is 0.0793. The second kappa shape index (κ2) is 6.51. The van der Waals surface area contributed by atoms with Gasteiger partial charge >= 0.3 is 0 Å². The molecule has 6 heteroatoms. The summed E-state index contributed by atoms with van der Waals surface area (Å²) in [5.41, 5.74) is 4.46. The number of hydrogen-bond acceptors (Lipinski definition) is 4. The molecule has 2 amide bonds. The molecule has 0 saturated heterocycles. The van der Waals surface area contributed by atoms with Crippen LogP contribution in [0.25, 0.3) is 0 Å². The molecule has 6 nitrogen and oxygen atoms in total. The van der Waals surface area contributed by atoms with Crippen molar-refractivity contribution < 1.29 is 9.59 Å². The number of nitrogens with zero attached hydrogens (tertiary/aromatic N) is 4. The van der Waals surface area contributed by atoms with E-state index in [2.05, 4.69) is 12.1 Å². The first-order valence-corrected chi connectivity index (χ1v) is 9.09. The van der Waals surface area contributed by atoms with Crippen molar-refractivity contribution in [1.82, 2.24) is 9.80 Å². The maximum atomic E-state index is 12.9. The summed E-state index contributed by atoms with van der Waals surface area (Å²) in [6.45, 7) is 2.86. The van der Waals surface area contributed by atoms with E-state index < -0.39 is 0 Å². The average molecular weight is 370 g/mol. The number of amides is 2. The smallest absolute Gasteiger partial charge is 0.256 e. The maximum absolute atomic E-state index is 12.9. The van der Waals surface area contributed by atoms with Gasteiger partial charge in [-0.1, -0.05) is 12.1 Å². The van der Waals surface area contributed by atoms with Crippen molar-refractivity contribution in [2.45, 2.75) is 32.5 Å². The molecule has 0 spiro atoms. The fourth-order valence-electron chi connectivity index (χ4n) is 4.11. The fourth-order valence-corrected chi connectivity index (χ4v) is 4.11. The van der Waals surface area contributed by atoms with Gasteiger partial charge in [-0.2, -0.15) is 10.5 Å². The summed E-state index contributed by atoms with van der Waals surface area (Å²) >= 11 is 0. The SMILES string of the molecule is CC(Cc1cc(C#N)c2c(c1)C(=O)N(C)C2)N1Cc2cccc(C#N)c2C1=O. The normalized spacial score (nSPS) is 15.9. The van der Waals surface area contributed by atoms with Crippen LogP contribution < -0.4 is 0 Å². The molecule has 2 aromatic carbocycles. The van der Waals surface area contributed by atoms with E-state index >= 15 is 0 Å². The van der Waals surface area contributed by atoms with Crippen molar-refractivity contribution in [2.24, 2.45) is 0 Å². The molecular formula is C22H18N4O2. The average Bonchev–Trinajstić information content (AvgIpc) is 3.18. The first kappa shape index (κ1) is 17.8. The Morgan fingerprint density at radius 1 is 1.07 bits per heavy atom. The lowest BCUT2D eigenvalue weighted by Crippen LogP contribution is -2.35. The molecule has 0 radical (unpaired) electrons. The number of hydrogen-bond donors (Lipinski definition) is 0. The maximum Gasteiger partial charge on any atom is 0.256 e. The van der Waals surface area contributed by atoms with Crippen molar-refractivity contribution in [1.29, 1.82) is 10.5 Å². The molecular weight excluding hydrogens is 352 g/mol. The van der Waals surface area contributed by atoms with Gasteiger partial charge in [-0.3, -0.25) is 9.59 Å². The van der Waals surface area contributed by atoms with Crippen LogP contribution >= 0.6 is 0 Å². The molecule has 2 heterocycles. The molecule has 2 aliphatic rings. The Bertz CT molecular complexity index is 1110. The van der Waals surface area contributed by atoms with Crippen molar-refractivity contribution in [3.05, 3.63) is 69.3 Å². The van der Waals surface area contributed by atoms with E-state index in [0.717, 1.165) is 16.7 Å². The van der Waals surface area contributed by atoms with Crippen LogP contribution in [0, 0.1) is 22.7 Å². The zero-order valence-corrected chi connectivity index (χ0v) is 15.7. The number of rotatable bonds is 3.